The molecule has 0 aromatic rings. The van der Waals surface area contributed by atoms with Crippen LogP contribution in [0.25, 0.3) is 0 Å². The van der Waals surface area contributed by atoms with Gasteiger partial charge >= 0.3 is 14.0 Å². The van der Waals surface area contributed by atoms with E-state index in [4.69, 9.17) is 14.2 Å². The summed E-state index contributed by atoms with van der Waals surface area (Å²) in [5, 5.41) is 8.41. The molecule has 7 heteroatoms. The zero-order valence-electron chi connectivity index (χ0n) is 9.68. The van der Waals surface area contributed by atoms with Crippen molar-refractivity contribution in [3.63, 3.8) is 0 Å². The summed E-state index contributed by atoms with van der Waals surface area (Å²) < 4.78 is 25.6. The van der Waals surface area contributed by atoms with Gasteiger partial charge in [0.15, 0.2) is 0 Å². The predicted octanol–water partition coefficient (Wildman–Crippen LogP) is 3.42. The van der Waals surface area contributed by atoms with Crippen molar-refractivity contribution in [2.45, 2.75) is 39.5 Å². The van der Waals surface area contributed by atoms with E-state index in [1.54, 1.807) is 0 Å². The van der Waals surface area contributed by atoms with E-state index in [-0.39, 0.29) is 13.2 Å². The van der Waals surface area contributed by atoms with Crippen molar-refractivity contribution in [3.8, 4) is 0 Å². The molecule has 0 radical (unpaired) electrons. The van der Waals surface area contributed by atoms with E-state index in [9.17, 15) is 9.36 Å². The van der Waals surface area contributed by atoms with Crippen molar-refractivity contribution in [3.05, 3.63) is 0 Å². The molecule has 0 spiro atoms. The lowest BCUT2D eigenvalue weighted by Crippen LogP contribution is -2.06. The van der Waals surface area contributed by atoms with Gasteiger partial charge < -0.3 is 9.63 Å². The van der Waals surface area contributed by atoms with E-state index >= 15 is 0 Å². The number of hydrogen-bond acceptors (Lipinski definition) is 5. The first-order valence-electron chi connectivity index (χ1n) is 5.35. The molecule has 96 valence electrons. The van der Waals surface area contributed by atoms with Crippen LogP contribution in [-0.2, 0) is 18.1 Å². The topological polar surface area (TPSA) is 82.1 Å². The van der Waals surface area contributed by atoms with Gasteiger partial charge in [-0.1, -0.05) is 26.7 Å². The normalized spacial score (nSPS) is 11.4. The average molecular weight is 254 g/mol. The monoisotopic (exact) mass is 254 g/mol. The Balaban J connectivity index is 4.13. The van der Waals surface area contributed by atoms with Crippen LogP contribution in [0.3, 0.4) is 0 Å². The Hall–Kier alpha value is -0.580. The molecule has 0 heterocycles. The highest BCUT2D eigenvalue weighted by atomic mass is 31.2. The van der Waals surface area contributed by atoms with Crippen molar-refractivity contribution in [1.29, 1.82) is 0 Å². The highest BCUT2D eigenvalue weighted by Crippen LogP contribution is 2.49. The van der Waals surface area contributed by atoms with Gasteiger partial charge in [-0.15, -0.1) is 0 Å². The zero-order valence-corrected chi connectivity index (χ0v) is 10.6. The van der Waals surface area contributed by atoms with Crippen LogP contribution in [0.5, 0.6) is 0 Å². The molecular weight excluding hydrogens is 235 g/mol. The number of unbranched alkanes of at least 4 members (excludes halogenated alkanes) is 2. The first kappa shape index (κ1) is 15.4. The Morgan fingerprint density at radius 3 is 1.88 bits per heavy atom. The minimum absolute atomic E-state index is 0.160. The molecule has 0 aliphatic heterocycles. The Labute approximate surface area is 95.5 Å². The number of phosphoric acid groups is 1. The minimum Gasteiger partial charge on any atom is -0.449 e. The molecule has 16 heavy (non-hydrogen) atoms. The van der Waals surface area contributed by atoms with E-state index in [1.165, 1.54) is 0 Å². The number of carboxylic acid groups (broad SMARTS) is 1. The van der Waals surface area contributed by atoms with Crippen molar-refractivity contribution in [1.82, 2.24) is 0 Å². The van der Waals surface area contributed by atoms with E-state index in [0.717, 1.165) is 12.8 Å². The summed E-state index contributed by atoms with van der Waals surface area (Å²) in [5.41, 5.74) is 0. The Kier molecular flexibility index (Phi) is 8.25. The molecule has 6 nitrogen and oxygen atoms in total. The molecular formula is C9H19O6P. The highest BCUT2D eigenvalue weighted by molar-refractivity contribution is 7.49. The quantitative estimate of drug-likeness (QED) is 0.501. The predicted molar refractivity (Wildman–Crippen MR) is 58.4 cm³/mol. The summed E-state index contributed by atoms with van der Waals surface area (Å²) in [5.74, 6) is 0. The third-order valence-corrected chi connectivity index (χ3v) is 3.06. The second-order valence-electron chi connectivity index (χ2n) is 3.18. The third-order valence-electron chi connectivity index (χ3n) is 1.68. The first-order valence-corrected chi connectivity index (χ1v) is 6.81. The molecule has 0 amide bonds. The number of carbonyl (C=O) groups is 1. The van der Waals surface area contributed by atoms with Crippen LogP contribution in [-0.4, -0.2) is 24.5 Å². The summed E-state index contributed by atoms with van der Waals surface area (Å²) in [6.45, 7) is 4.19. The maximum atomic E-state index is 11.7. The molecule has 0 rings (SSSR count). The Bertz CT molecular complexity index is 228. The number of hydrogen-bond donors (Lipinski definition) is 1. The van der Waals surface area contributed by atoms with Crippen molar-refractivity contribution >= 4 is 14.0 Å². The van der Waals surface area contributed by atoms with Gasteiger partial charge in [0.2, 0.25) is 0 Å². The van der Waals surface area contributed by atoms with Crippen LogP contribution in [0.2, 0.25) is 0 Å². The third kappa shape index (κ3) is 7.68. The first-order chi connectivity index (χ1) is 7.54. The van der Waals surface area contributed by atoms with Crippen molar-refractivity contribution < 1.29 is 28.0 Å². The zero-order chi connectivity index (χ0) is 12.4. The molecule has 0 unspecified atom stereocenters. The highest BCUT2D eigenvalue weighted by Gasteiger charge is 2.30. The summed E-state index contributed by atoms with van der Waals surface area (Å²) >= 11 is 0. The fraction of sp³-hybridized carbons (Fsp3) is 0.889. The average Bonchev–Trinajstić information content (AvgIpc) is 2.17. The summed E-state index contributed by atoms with van der Waals surface area (Å²) in [6, 6.07) is 0. The lowest BCUT2D eigenvalue weighted by molar-refractivity contribution is 0.0944. The molecule has 0 aliphatic rings. The van der Waals surface area contributed by atoms with Gasteiger partial charge in [-0.25, -0.2) is 9.36 Å². The fourth-order valence-corrected chi connectivity index (χ4v) is 1.90. The molecule has 0 aromatic heterocycles. The molecule has 1 N–H and O–H groups in total. The van der Waals surface area contributed by atoms with Gasteiger partial charge in [-0.2, -0.15) is 0 Å². The second-order valence-corrected chi connectivity index (χ2v) is 4.77. The maximum absolute atomic E-state index is 11.7. The Morgan fingerprint density at radius 1 is 1.12 bits per heavy atom. The minimum atomic E-state index is -3.93. The number of phosphoric ester groups is 1. The summed E-state index contributed by atoms with van der Waals surface area (Å²) in [6.07, 6.45) is 1.38. The smallest absolute Gasteiger partial charge is 0.449 e. The lowest BCUT2D eigenvalue weighted by Gasteiger charge is -2.15. The van der Waals surface area contributed by atoms with Crippen LogP contribution < -0.4 is 0 Å². The van der Waals surface area contributed by atoms with E-state index in [1.807, 2.05) is 13.8 Å². The van der Waals surface area contributed by atoms with Gasteiger partial charge in [-0.05, 0) is 12.8 Å². The largest absolute Gasteiger partial charge is 0.534 e. The second kappa shape index (κ2) is 8.56. The van der Waals surface area contributed by atoms with Gasteiger partial charge in [0, 0.05) is 0 Å². The van der Waals surface area contributed by atoms with Crippen LogP contribution in [0.4, 0.5) is 4.79 Å². The molecule has 0 saturated heterocycles. The van der Waals surface area contributed by atoms with Crippen LogP contribution >= 0.6 is 7.82 Å². The molecule has 0 saturated carbocycles. The van der Waals surface area contributed by atoms with Crippen molar-refractivity contribution in [2.75, 3.05) is 13.2 Å². The van der Waals surface area contributed by atoms with Crippen molar-refractivity contribution in [2.24, 2.45) is 0 Å². The van der Waals surface area contributed by atoms with Gasteiger partial charge in [0.1, 0.15) is 0 Å². The van der Waals surface area contributed by atoms with Crippen LogP contribution in [0, 0.1) is 0 Å². The molecule has 0 aliphatic carbocycles. The molecule has 0 fully saturated rings. The molecule has 0 aromatic carbocycles. The summed E-state index contributed by atoms with van der Waals surface area (Å²) in [7, 11) is -3.93. The molecule has 0 bridgehead atoms. The van der Waals surface area contributed by atoms with Gasteiger partial charge in [0.25, 0.3) is 0 Å². The van der Waals surface area contributed by atoms with Crippen LogP contribution in [0.15, 0.2) is 0 Å². The Morgan fingerprint density at radius 2 is 1.56 bits per heavy atom. The van der Waals surface area contributed by atoms with Crippen LogP contribution in [0.1, 0.15) is 39.5 Å². The van der Waals surface area contributed by atoms with Gasteiger partial charge in [-0.3, -0.25) is 9.05 Å². The SMILES string of the molecule is CCCCOP(=O)(OCCCC)OC(=O)O. The summed E-state index contributed by atoms with van der Waals surface area (Å²) in [4.78, 5) is 10.3. The fourth-order valence-electron chi connectivity index (χ4n) is 0.827. The molecule has 0 atom stereocenters. The standard InChI is InChI=1S/C9H19O6P/c1-3-5-7-13-16(12,15-9(10)11)14-8-6-4-2/h3-8H2,1-2H3,(H,10,11). The van der Waals surface area contributed by atoms with Gasteiger partial charge in [0.05, 0.1) is 13.2 Å². The van der Waals surface area contributed by atoms with E-state index in [0.29, 0.717) is 12.8 Å². The van der Waals surface area contributed by atoms with E-state index in [2.05, 4.69) is 4.52 Å². The van der Waals surface area contributed by atoms with E-state index < -0.39 is 14.0 Å². The number of rotatable bonds is 9. The lowest BCUT2D eigenvalue weighted by atomic mass is 10.4. The maximum Gasteiger partial charge on any atom is 0.534 e.